The van der Waals surface area contributed by atoms with E-state index in [-0.39, 0.29) is 11.0 Å². The number of nitriles is 1. The highest BCUT2D eigenvalue weighted by Gasteiger charge is 2.43. The number of nitrogens with zero attached hydrogens (tertiary/aromatic N) is 1. The molecule has 3 nitrogen and oxygen atoms in total. The van der Waals surface area contributed by atoms with Crippen molar-refractivity contribution >= 4 is 8.32 Å². The van der Waals surface area contributed by atoms with Crippen LogP contribution in [0.4, 0.5) is 0 Å². The van der Waals surface area contributed by atoms with Gasteiger partial charge >= 0.3 is 0 Å². The summed E-state index contributed by atoms with van der Waals surface area (Å²) in [4.78, 5) is 0. The molecule has 108 valence electrons. The maximum atomic E-state index is 10.3. The van der Waals surface area contributed by atoms with E-state index in [2.05, 4.69) is 39.9 Å². The molecule has 0 bridgehead atoms. The van der Waals surface area contributed by atoms with E-state index >= 15 is 0 Å². The van der Waals surface area contributed by atoms with Gasteiger partial charge in [0, 0.05) is 6.42 Å². The highest BCUT2D eigenvalue weighted by atomic mass is 28.4. The minimum atomic E-state index is -1.96. The molecule has 0 spiro atoms. The Morgan fingerprint density at radius 3 is 2.37 bits per heavy atom. The van der Waals surface area contributed by atoms with Crippen LogP contribution in [0.1, 0.15) is 47.5 Å². The highest BCUT2D eigenvalue weighted by molar-refractivity contribution is 6.74. The predicted molar refractivity (Wildman–Crippen MR) is 79.9 cm³/mol. The van der Waals surface area contributed by atoms with E-state index < -0.39 is 13.9 Å². The molecule has 0 saturated heterocycles. The molecule has 1 rings (SSSR count). The zero-order valence-electron chi connectivity index (χ0n) is 13.3. The monoisotopic (exact) mass is 281 g/mol. The molecule has 1 N–H and O–H groups in total. The Morgan fingerprint density at radius 1 is 1.42 bits per heavy atom. The quantitative estimate of drug-likeness (QED) is 0.779. The fourth-order valence-electron chi connectivity index (χ4n) is 2.27. The molecule has 0 aliphatic heterocycles. The summed E-state index contributed by atoms with van der Waals surface area (Å²) in [6.45, 7) is 14.7. The third-order valence-electron chi connectivity index (χ3n) is 4.39. The van der Waals surface area contributed by atoms with Crippen LogP contribution in [0.2, 0.25) is 18.1 Å². The summed E-state index contributed by atoms with van der Waals surface area (Å²) < 4.78 is 6.29. The van der Waals surface area contributed by atoms with Gasteiger partial charge in [-0.05, 0) is 37.4 Å². The third-order valence-corrected chi connectivity index (χ3v) is 8.75. The Balaban J connectivity index is 3.12. The maximum absolute atomic E-state index is 10.3. The zero-order valence-corrected chi connectivity index (χ0v) is 14.3. The minimum Gasteiger partial charge on any atom is -0.546 e. The van der Waals surface area contributed by atoms with Crippen LogP contribution in [0.5, 0.6) is 0 Å². The van der Waals surface area contributed by atoms with Gasteiger partial charge in [-0.15, -0.1) is 0 Å². The van der Waals surface area contributed by atoms with Crippen LogP contribution in [-0.4, -0.2) is 19.0 Å². The first-order chi connectivity index (χ1) is 8.39. The molecule has 1 aliphatic carbocycles. The summed E-state index contributed by atoms with van der Waals surface area (Å²) in [5, 5.41) is 19.8. The topological polar surface area (TPSA) is 53.2 Å². The molecule has 0 heterocycles. The van der Waals surface area contributed by atoms with Crippen molar-refractivity contribution in [2.24, 2.45) is 5.92 Å². The normalized spacial score (nSPS) is 29.1. The van der Waals surface area contributed by atoms with E-state index in [1.165, 1.54) is 0 Å². The molecule has 0 saturated carbocycles. The van der Waals surface area contributed by atoms with E-state index in [1.54, 1.807) is 0 Å². The minimum absolute atomic E-state index is 0.0634. The Bertz CT molecular complexity index is 424. The van der Waals surface area contributed by atoms with Crippen molar-refractivity contribution in [1.29, 1.82) is 5.26 Å². The second-order valence-corrected chi connectivity index (χ2v) is 12.3. The fourth-order valence-corrected chi connectivity index (χ4v) is 3.38. The summed E-state index contributed by atoms with van der Waals surface area (Å²) in [6, 6.07) is 2.28. The average molecular weight is 281 g/mol. The first-order valence-electron chi connectivity index (χ1n) is 6.94. The van der Waals surface area contributed by atoms with Gasteiger partial charge in [0.05, 0.1) is 23.0 Å². The van der Waals surface area contributed by atoms with Gasteiger partial charge in [0.1, 0.15) is 0 Å². The van der Waals surface area contributed by atoms with Crippen molar-refractivity contribution in [3.05, 3.63) is 11.3 Å². The van der Waals surface area contributed by atoms with Crippen molar-refractivity contribution in [2.45, 2.75) is 71.2 Å². The van der Waals surface area contributed by atoms with Crippen LogP contribution < -0.4 is 0 Å². The van der Waals surface area contributed by atoms with Gasteiger partial charge in [-0.3, -0.25) is 0 Å². The Labute approximate surface area is 118 Å². The SMILES string of the molecule is C[C@@H]1C[C@](C)(O)CC(O[Si](C)(C)C(C)(C)C)=C1C#N. The van der Waals surface area contributed by atoms with Crippen molar-refractivity contribution < 1.29 is 9.53 Å². The summed E-state index contributed by atoms with van der Waals surface area (Å²) in [5.41, 5.74) is -0.0476. The number of hydrogen-bond donors (Lipinski definition) is 1. The highest BCUT2D eigenvalue weighted by Crippen LogP contribution is 2.43. The number of aliphatic hydroxyl groups is 1. The molecule has 0 fully saturated rings. The molecular formula is C15H27NO2Si. The summed E-state index contributed by atoms with van der Waals surface area (Å²) in [5.74, 6) is 0.784. The number of rotatable bonds is 2. The summed E-state index contributed by atoms with van der Waals surface area (Å²) in [7, 11) is -1.96. The van der Waals surface area contributed by atoms with Gasteiger partial charge in [-0.25, -0.2) is 0 Å². The van der Waals surface area contributed by atoms with Crippen LogP contribution in [0.3, 0.4) is 0 Å². The molecule has 0 aromatic heterocycles. The van der Waals surface area contributed by atoms with E-state index in [1.807, 2.05) is 13.8 Å². The van der Waals surface area contributed by atoms with Gasteiger partial charge < -0.3 is 9.53 Å². The number of hydrogen-bond acceptors (Lipinski definition) is 3. The van der Waals surface area contributed by atoms with Crippen LogP contribution in [-0.2, 0) is 4.43 Å². The van der Waals surface area contributed by atoms with Gasteiger partial charge in [0.25, 0.3) is 0 Å². The second kappa shape index (κ2) is 4.95. The predicted octanol–water partition coefficient (Wildman–Crippen LogP) is 3.97. The smallest absolute Gasteiger partial charge is 0.250 e. The summed E-state index contributed by atoms with van der Waals surface area (Å²) >= 11 is 0. The molecule has 0 amide bonds. The van der Waals surface area contributed by atoms with Crippen molar-refractivity contribution in [1.82, 2.24) is 0 Å². The molecule has 19 heavy (non-hydrogen) atoms. The number of allylic oxidation sites excluding steroid dienone is 1. The van der Waals surface area contributed by atoms with Crippen LogP contribution in [0.15, 0.2) is 11.3 Å². The molecule has 0 aromatic carbocycles. The van der Waals surface area contributed by atoms with E-state index in [0.29, 0.717) is 12.8 Å². The lowest BCUT2D eigenvalue weighted by Crippen LogP contribution is -2.43. The van der Waals surface area contributed by atoms with Crippen molar-refractivity contribution in [3.8, 4) is 6.07 Å². The Morgan fingerprint density at radius 2 is 1.95 bits per heavy atom. The second-order valence-electron chi connectivity index (χ2n) is 7.59. The lowest BCUT2D eigenvalue weighted by molar-refractivity contribution is 0.0224. The lowest BCUT2D eigenvalue weighted by Gasteiger charge is -2.41. The molecular weight excluding hydrogens is 254 g/mol. The lowest BCUT2D eigenvalue weighted by atomic mass is 9.79. The molecule has 0 unspecified atom stereocenters. The first-order valence-corrected chi connectivity index (χ1v) is 9.85. The van der Waals surface area contributed by atoms with E-state index in [0.717, 1.165) is 11.3 Å². The molecule has 4 heteroatoms. The van der Waals surface area contributed by atoms with Gasteiger partial charge in [0.15, 0.2) is 0 Å². The van der Waals surface area contributed by atoms with Crippen molar-refractivity contribution in [2.75, 3.05) is 0 Å². The maximum Gasteiger partial charge on any atom is 0.250 e. The van der Waals surface area contributed by atoms with Crippen LogP contribution >= 0.6 is 0 Å². The standard InChI is InChI=1S/C15H27NO2Si/c1-11-8-15(5,17)9-13(12(11)10-16)18-19(6,7)14(2,3)4/h11,17H,8-9H2,1-7H3/t11-,15+/m1/s1. The molecule has 2 atom stereocenters. The van der Waals surface area contributed by atoms with Crippen LogP contribution in [0, 0.1) is 17.2 Å². The van der Waals surface area contributed by atoms with Gasteiger partial charge in [0.2, 0.25) is 8.32 Å². The Kier molecular flexibility index (Phi) is 4.24. The van der Waals surface area contributed by atoms with Crippen molar-refractivity contribution in [3.63, 3.8) is 0 Å². The Hall–Kier alpha value is -0.793. The van der Waals surface area contributed by atoms with E-state index in [4.69, 9.17) is 4.43 Å². The first kappa shape index (κ1) is 16.3. The molecule has 0 aromatic rings. The molecule has 1 aliphatic rings. The molecule has 0 radical (unpaired) electrons. The van der Waals surface area contributed by atoms with Gasteiger partial charge in [-0.2, -0.15) is 5.26 Å². The average Bonchev–Trinajstić information content (AvgIpc) is 2.12. The zero-order chi connectivity index (χ0) is 15.1. The van der Waals surface area contributed by atoms with E-state index in [9.17, 15) is 10.4 Å². The van der Waals surface area contributed by atoms with Gasteiger partial charge in [-0.1, -0.05) is 27.7 Å². The fraction of sp³-hybridized carbons (Fsp3) is 0.800. The van der Waals surface area contributed by atoms with Crippen LogP contribution in [0.25, 0.3) is 0 Å². The third kappa shape index (κ3) is 3.61. The summed E-state index contributed by atoms with van der Waals surface area (Å²) in [6.07, 6.45) is 1.08. The largest absolute Gasteiger partial charge is 0.546 e.